The van der Waals surface area contributed by atoms with E-state index >= 15 is 0 Å². The van der Waals surface area contributed by atoms with Gasteiger partial charge in [0.15, 0.2) is 0 Å². The molecule has 0 unspecified atom stereocenters. The van der Waals surface area contributed by atoms with E-state index in [1.807, 2.05) is 42.5 Å². The van der Waals surface area contributed by atoms with Crippen LogP contribution in [-0.2, 0) is 11.3 Å². The molecule has 4 aromatic rings. The van der Waals surface area contributed by atoms with Gasteiger partial charge in [-0.15, -0.1) is 0 Å². The fourth-order valence-corrected chi connectivity index (χ4v) is 3.53. The molecule has 36 heavy (non-hydrogen) atoms. The highest BCUT2D eigenvalue weighted by molar-refractivity contribution is 6.04. The first-order chi connectivity index (χ1) is 17.5. The van der Waals surface area contributed by atoms with E-state index in [1.54, 1.807) is 36.4 Å². The molecular formula is C29H24FN3O3. The van der Waals surface area contributed by atoms with Crippen LogP contribution in [0.25, 0.3) is 11.1 Å². The summed E-state index contributed by atoms with van der Waals surface area (Å²) in [5.41, 5.74) is 4.17. The lowest BCUT2D eigenvalue weighted by Crippen LogP contribution is -2.36. The van der Waals surface area contributed by atoms with Gasteiger partial charge in [0.1, 0.15) is 5.82 Å². The Balaban J connectivity index is 1.24. The molecule has 7 heteroatoms. The lowest BCUT2D eigenvalue weighted by atomic mass is 10.0. The molecular weight excluding hydrogens is 457 g/mol. The predicted octanol–water partition coefficient (Wildman–Crippen LogP) is 4.79. The van der Waals surface area contributed by atoms with Crippen molar-refractivity contribution in [1.82, 2.24) is 10.6 Å². The zero-order valence-electron chi connectivity index (χ0n) is 19.3. The number of rotatable bonds is 8. The molecule has 0 aliphatic heterocycles. The van der Waals surface area contributed by atoms with E-state index in [2.05, 4.69) is 16.0 Å². The summed E-state index contributed by atoms with van der Waals surface area (Å²) in [6.07, 6.45) is 0. The molecule has 0 saturated heterocycles. The van der Waals surface area contributed by atoms with Crippen molar-refractivity contribution in [3.63, 3.8) is 0 Å². The summed E-state index contributed by atoms with van der Waals surface area (Å²) in [5, 5.41) is 8.11. The predicted molar refractivity (Wildman–Crippen MR) is 137 cm³/mol. The van der Waals surface area contributed by atoms with Gasteiger partial charge in [0.05, 0.1) is 6.54 Å². The molecule has 0 bridgehead atoms. The molecule has 0 fully saturated rings. The number of nitrogens with one attached hydrogen (secondary N) is 3. The SMILES string of the molecule is O=C(CNC(=O)c1ccc(-c2ccccc2)cc1)NCc1cccc(NC(=O)c2ccc(F)cc2)c1. The molecule has 6 nitrogen and oxygen atoms in total. The van der Waals surface area contributed by atoms with Gasteiger partial charge in [0.2, 0.25) is 5.91 Å². The Morgan fingerprint density at radius 2 is 1.28 bits per heavy atom. The average Bonchev–Trinajstić information content (AvgIpc) is 2.91. The van der Waals surface area contributed by atoms with E-state index in [4.69, 9.17) is 0 Å². The summed E-state index contributed by atoms with van der Waals surface area (Å²) < 4.78 is 13.0. The third-order valence-electron chi connectivity index (χ3n) is 5.44. The number of carbonyl (C=O) groups excluding carboxylic acids is 3. The summed E-state index contributed by atoms with van der Waals surface area (Å²) in [5.74, 6) is -1.46. The minimum Gasteiger partial charge on any atom is -0.350 e. The topological polar surface area (TPSA) is 87.3 Å². The van der Waals surface area contributed by atoms with Gasteiger partial charge >= 0.3 is 0 Å². The molecule has 0 radical (unpaired) electrons. The monoisotopic (exact) mass is 481 g/mol. The molecule has 0 atom stereocenters. The van der Waals surface area contributed by atoms with Crippen LogP contribution in [0.5, 0.6) is 0 Å². The zero-order valence-corrected chi connectivity index (χ0v) is 19.3. The van der Waals surface area contributed by atoms with Crippen LogP contribution in [0.1, 0.15) is 26.3 Å². The van der Waals surface area contributed by atoms with E-state index in [0.717, 1.165) is 16.7 Å². The molecule has 0 aliphatic rings. The van der Waals surface area contributed by atoms with Crippen LogP contribution in [0.3, 0.4) is 0 Å². The summed E-state index contributed by atoms with van der Waals surface area (Å²) in [4.78, 5) is 37.0. The molecule has 0 spiro atoms. The van der Waals surface area contributed by atoms with Gasteiger partial charge in [-0.2, -0.15) is 0 Å². The lowest BCUT2D eigenvalue weighted by molar-refractivity contribution is -0.120. The maximum Gasteiger partial charge on any atom is 0.255 e. The van der Waals surface area contributed by atoms with E-state index in [0.29, 0.717) is 16.8 Å². The molecule has 3 amide bonds. The molecule has 0 saturated carbocycles. The number of hydrogen-bond donors (Lipinski definition) is 3. The molecule has 0 aliphatic carbocycles. The van der Waals surface area contributed by atoms with Crippen LogP contribution >= 0.6 is 0 Å². The zero-order chi connectivity index (χ0) is 25.3. The van der Waals surface area contributed by atoms with E-state index in [9.17, 15) is 18.8 Å². The Hall–Kier alpha value is -4.78. The largest absolute Gasteiger partial charge is 0.350 e. The summed E-state index contributed by atoms with van der Waals surface area (Å²) >= 11 is 0. The average molecular weight is 482 g/mol. The molecule has 3 N–H and O–H groups in total. The van der Waals surface area contributed by atoms with Gasteiger partial charge in [0, 0.05) is 23.4 Å². The summed E-state index contributed by atoms with van der Waals surface area (Å²) in [6, 6.07) is 29.3. The second-order valence-corrected chi connectivity index (χ2v) is 8.06. The fourth-order valence-electron chi connectivity index (χ4n) is 3.53. The maximum atomic E-state index is 13.0. The van der Waals surface area contributed by atoms with Crippen molar-refractivity contribution in [2.24, 2.45) is 0 Å². The number of amides is 3. The normalized spacial score (nSPS) is 10.4. The summed E-state index contributed by atoms with van der Waals surface area (Å²) in [6.45, 7) is 0.0565. The highest BCUT2D eigenvalue weighted by Gasteiger charge is 2.10. The molecule has 4 aromatic carbocycles. The van der Waals surface area contributed by atoms with Crippen molar-refractivity contribution in [1.29, 1.82) is 0 Å². The maximum absolute atomic E-state index is 13.0. The van der Waals surface area contributed by atoms with Crippen molar-refractivity contribution in [2.45, 2.75) is 6.54 Å². The number of halogens is 1. The van der Waals surface area contributed by atoms with Gasteiger partial charge in [-0.25, -0.2) is 4.39 Å². The first-order valence-corrected chi connectivity index (χ1v) is 11.3. The van der Waals surface area contributed by atoms with E-state index in [-0.39, 0.29) is 30.8 Å². The Morgan fingerprint density at radius 1 is 0.639 bits per heavy atom. The second-order valence-electron chi connectivity index (χ2n) is 8.06. The smallest absolute Gasteiger partial charge is 0.255 e. The van der Waals surface area contributed by atoms with Crippen LogP contribution in [0.15, 0.2) is 103 Å². The van der Waals surface area contributed by atoms with E-state index < -0.39 is 5.82 Å². The third-order valence-corrected chi connectivity index (χ3v) is 5.44. The van der Waals surface area contributed by atoms with E-state index in [1.165, 1.54) is 24.3 Å². The van der Waals surface area contributed by atoms with Gasteiger partial charge in [-0.05, 0) is 65.2 Å². The van der Waals surface area contributed by atoms with Crippen molar-refractivity contribution in [3.8, 4) is 11.1 Å². The Bertz CT molecular complexity index is 1350. The minimum absolute atomic E-state index is 0.166. The van der Waals surface area contributed by atoms with Crippen LogP contribution < -0.4 is 16.0 Å². The lowest BCUT2D eigenvalue weighted by Gasteiger charge is -2.10. The van der Waals surface area contributed by atoms with Crippen molar-refractivity contribution in [2.75, 3.05) is 11.9 Å². The van der Waals surface area contributed by atoms with Gasteiger partial charge in [0.25, 0.3) is 11.8 Å². The number of anilines is 1. The van der Waals surface area contributed by atoms with Crippen LogP contribution in [-0.4, -0.2) is 24.3 Å². The molecule has 180 valence electrons. The Kier molecular flexibility index (Phi) is 7.83. The number of hydrogen-bond acceptors (Lipinski definition) is 3. The quantitative estimate of drug-likeness (QED) is 0.338. The number of carbonyl (C=O) groups is 3. The second kappa shape index (κ2) is 11.6. The standard InChI is InChI=1S/C29H24FN3O3/c30-25-15-13-24(14-16-25)29(36)33-26-8-4-5-20(17-26)18-31-27(34)19-32-28(35)23-11-9-22(10-12-23)21-6-2-1-3-7-21/h1-17H,18-19H2,(H,31,34)(H,32,35)(H,33,36). The van der Waals surface area contributed by atoms with Gasteiger partial charge in [-0.1, -0.05) is 54.6 Å². The first-order valence-electron chi connectivity index (χ1n) is 11.3. The Labute approximate surface area is 208 Å². The van der Waals surface area contributed by atoms with Crippen molar-refractivity contribution in [3.05, 3.63) is 126 Å². The van der Waals surface area contributed by atoms with Gasteiger partial charge < -0.3 is 16.0 Å². The van der Waals surface area contributed by atoms with Crippen LogP contribution in [0, 0.1) is 5.82 Å². The van der Waals surface area contributed by atoms with Crippen LogP contribution in [0.4, 0.5) is 10.1 Å². The van der Waals surface area contributed by atoms with Crippen molar-refractivity contribution >= 4 is 23.4 Å². The fraction of sp³-hybridized carbons (Fsp3) is 0.0690. The number of benzene rings is 4. The Morgan fingerprint density at radius 3 is 2.00 bits per heavy atom. The molecule has 0 heterocycles. The third kappa shape index (κ3) is 6.64. The van der Waals surface area contributed by atoms with Crippen LogP contribution in [0.2, 0.25) is 0 Å². The minimum atomic E-state index is -0.415. The van der Waals surface area contributed by atoms with Gasteiger partial charge in [-0.3, -0.25) is 14.4 Å². The summed E-state index contributed by atoms with van der Waals surface area (Å²) in [7, 11) is 0. The molecule has 4 rings (SSSR count). The first kappa shape index (κ1) is 24.3. The highest BCUT2D eigenvalue weighted by atomic mass is 19.1. The van der Waals surface area contributed by atoms with Crippen molar-refractivity contribution < 1.29 is 18.8 Å². The molecule has 0 aromatic heterocycles. The highest BCUT2D eigenvalue weighted by Crippen LogP contribution is 2.19.